The zero-order chi connectivity index (χ0) is 25.6. The number of rotatable bonds is 8. The molecule has 0 radical (unpaired) electrons. The van der Waals surface area contributed by atoms with Crippen molar-refractivity contribution < 1.29 is 14.3 Å². The monoisotopic (exact) mass is 553 g/mol. The molecule has 3 aromatic rings. The quantitative estimate of drug-likeness (QED) is 0.267. The molecule has 1 aliphatic carbocycles. The number of carbonyl (C=O) groups excluding carboxylic acids is 1. The highest BCUT2D eigenvalue weighted by atomic mass is 35.5. The predicted molar refractivity (Wildman–Crippen MR) is 152 cm³/mol. The molecule has 192 valence electrons. The molecule has 1 aromatic heterocycles. The third-order valence-electron chi connectivity index (χ3n) is 6.29. The number of hydrogen-bond acceptors (Lipinski definition) is 7. The van der Waals surface area contributed by atoms with Gasteiger partial charge in [0.05, 0.1) is 11.5 Å². The summed E-state index contributed by atoms with van der Waals surface area (Å²) < 4.78 is 11.9. The lowest BCUT2D eigenvalue weighted by Gasteiger charge is -2.30. The molecule has 0 unspecified atom stereocenters. The van der Waals surface area contributed by atoms with Crippen LogP contribution in [0, 0.1) is 0 Å². The molecular formula is C28H28ClN3O3S2. The van der Waals surface area contributed by atoms with Gasteiger partial charge in [-0.15, -0.1) is 11.3 Å². The maximum Gasteiger partial charge on any atom is 0.267 e. The Morgan fingerprint density at radius 3 is 2.73 bits per heavy atom. The fourth-order valence-electron chi connectivity index (χ4n) is 4.50. The molecule has 2 fully saturated rings. The Hall–Kier alpha value is -2.81. The van der Waals surface area contributed by atoms with Crippen LogP contribution in [0.25, 0.3) is 6.08 Å². The maximum atomic E-state index is 13.6. The number of nitrogens with zero attached hydrogens (tertiary/aromatic N) is 3. The molecule has 0 bridgehead atoms. The van der Waals surface area contributed by atoms with Gasteiger partial charge in [0, 0.05) is 28.2 Å². The van der Waals surface area contributed by atoms with Gasteiger partial charge in [-0.2, -0.15) is 4.99 Å². The molecule has 1 saturated carbocycles. The van der Waals surface area contributed by atoms with E-state index >= 15 is 0 Å². The summed E-state index contributed by atoms with van der Waals surface area (Å²) in [5.74, 6) is 1.26. The molecule has 0 atom stereocenters. The molecule has 9 heteroatoms. The second-order valence-electron chi connectivity index (χ2n) is 8.81. The van der Waals surface area contributed by atoms with E-state index < -0.39 is 0 Å². The molecule has 2 heterocycles. The van der Waals surface area contributed by atoms with Crippen LogP contribution < -0.4 is 9.47 Å². The van der Waals surface area contributed by atoms with Crippen LogP contribution in [0.5, 0.6) is 11.5 Å². The number of amides is 1. The Morgan fingerprint density at radius 2 is 1.97 bits per heavy atom. The zero-order valence-corrected chi connectivity index (χ0v) is 23.0. The van der Waals surface area contributed by atoms with Gasteiger partial charge in [0.1, 0.15) is 6.61 Å². The summed E-state index contributed by atoms with van der Waals surface area (Å²) in [7, 11) is 0. The second kappa shape index (κ2) is 12.2. The fourth-order valence-corrected chi connectivity index (χ4v) is 6.30. The molecule has 5 rings (SSSR count). The normalized spacial score (nSPS) is 18.6. The summed E-state index contributed by atoms with van der Waals surface area (Å²) in [6, 6.07) is 13.5. The zero-order valence-electron chi connectivity index (χ0n) is 20.6. The van der Waals surface area contributed by atoms with Gasteiger partial charge in [-0.25, -0.2) is 4.98 Å². The minimum Gasteiger partial charge on any atom is -0.490 e. The summed E-state index contributed by atoms with van der Waals surface area (Å²) in [6.45, 7) is 2.76. The van der Waals surface area contributed by atoms with Crippen LogP contribution in [0.2, 0.25) is 5.02 Å². The number of aromatic nitrogens is 1. The van der Waals surface area contributed by atoms with Gasteiger partial charge in [0.2, 0.25) is 5.13 Å². The summed E-state index contributed by atoms with van der Waals surface area (Å²) in [4.78, 5) is 25.2. The lowest BCUT2D eigenvalue weighted by Crippen LogP contribution is -2.40. The van der Waals surface area contributed by atoms with Crippen LogP contribution in [-0.2, 0) is 11.4 Å². The van der Waals surface area contributed by atoms with Crippen LogP contribution in [-0.4, -0.2) is 33.6 Å². The van der Waals surface area contributed by atoms with Crippen LogP contribution >= 0.6 is 34.7 Å². The molecule has 1 aliphatic heterocycles. The van der Waals surface area contributed by atoms with Gasteiger partial charge in [-0.05, 0) is 61.4 Å². The molecule has 1 amide bonds. The number of amidine groups is 1. The molecule has 1 saturated heterocycles. The van der Waals surface area contributed by atoms with E-state index in [4.69, 9.17) is 26.1 Å². The molecule has 2 aromatic carbocycles. The Kier molecular flexibility index (Phi) is 8.48. The third-order valence-corrected chi connectivity index (χ3v) is 8.31. The SMILES string of the molecule is CCOc1cc(/C=C2\S/C(=N/c3nccs3)N(C3CCCCC3)C2=O)ccc1OCc1ccccc1Cl. The van der Waals surface area contributed by atoms with E-state index in [9.17, 15) is 4.79 Å². The Balaban J connectivity index is 1.40. The highest BCUT2D eigenvalue weighted by Crippen LogP contribution is 2.39. The number of thioether (sulfide) groups is 1. The lowest BCUT2D eigenvalue weighted by atomic mass is 9.94. The number of ether oxygens (including phenoxy) is 2. The van der Waals surface area contributed by atoms with Gasteiger partial charge in [-0.3, -0.25) is 9.69 Å². The molecule has 37 heavy (non-hydrogen) atoms. The highest BCUT2D eigenvalue weighted by molar-refractivity contribution is 8.18. The van der Waals surface area contributed by atoms with Gasteiger partial charge < -0.3 is 9.47 Å². The van der Waals surface area contributed by atoms with Crippen molar-refractivity contribution in [3.05, 3.63) is 75.1 Å². The number of benzene rings is 2. The number of thiazole rings is 1. The van der Waals surface area contributed by atoms with E-state index in [2.05, 4.69) is 4.98 Å². The first kappa shape index (κ1) is 25.8. The van der Waals surface area contributed by atoms with Gasteiger partial charge in [-0.1, -0.05) is 55.1 Å². The van der Waals surface area contributed by atoms with Gasteiger partial charge in [0.25, 0.3) is 5.91 Å². The molecule has 0 spiro atoms. The average Bonchev–Trinajstić information content (AvgIpc) is 3.53. The summed E-state index contributed by atoms with van der Waals surface area (Å²) in [5, 5.41) is 3.93. The Bertz CT molecular complexity index is 1300. The summed E-state index contributed by atoms with van der Waals surface area (Å²) >= 11 is 9.16. The second-order valence-corrected chi connectivity index (χ2v) is 11.1. The number of hydrogen-bond donors (Lipinski definition) is 0. The summed E-state index contributed by atoms with van der Waals surface area (Å²) in [6.07, 6.45) is 9.14. The maximum absolute atomic E-state index is 13.6. The summed E-state index contributed by atoms with van der Waals surface area (Å²) in [5.41, 5.74) is 1.77. The van der Waals surface area contributed by atoms with E-state index in [1.54, 1.807) is 6.20 Å². The molecule has 0 N–H and O–H groups in total. The van der Waals surface area contributed by atoms with E-state index in [0.29, 0.717) is 44.9 Å². The van der Waals surface area contributed by atoms with Crippen LogP contribution in [0.4, 0.5) is 5.13 Å². The number of halogens is 1. The van der Waals surface area contributed by atoms with E-state index in [1.807, 2.05) is 65.7 Å². The predicted octanol–water partition coefficient (Wildman–Crippen LogP) is 7.71. The van der Waals surface area contributed by atoms with Crippen molar-refractivity contribution in [2.45, 2.75) is 51.7 Å². The first-order valence-corrected chi connectivity index (χ1v) is 14.5. The fraction of sp³-hybridized carbons (Fsp3) is 0.321. The van der Waals surface area contributed by atoms with Crippen molar-refractivity contribution in [1.29, 1.82) is 0 Å². The first-order chi connectivity index (χ1) is 18.1. The van der Waals surface area contributed by atoms with Crippen molar-refractivity contribution in [3.63, 3.8) is 0 Å². The smallest absolute Gasteiger partial charge is 0.267 e. The van der Waals surface area contributed by atoms with Crippen molar-refractivity contribution in [1.82, 2.24) is 9.88 Å². The van der Waals surface area contributed by atoms with Gasteiger partial charge >= 0.3 is 0 Å². The Morgan fingerprint density at radius 1 is 1.14 bits per heavy atom. The van der Waals surface area contributed by atoms with Crippen molar-refractivity contribution in [2.24, 2.45) is 4.99 Å². The Labute approximate surface area is 230 Å². The number of carbonyl (C=O) groups is 1. The topological polar surface area (TPSA) is 64.0 Å². The number of aliphatic imine (C=N–C) groups is 1. The first-order valence-electron chi connectivity index (χ1n) is 12.5. The van der Waals surface area contributed by atoms with Crippen molar-refractivity contribution >= 4 is 57.0 Å². The standard InChI is InChI=1S/C28H28ClN3O3S2/c1-2-34-24-16-19(12-13-23(24)35-18-20-8-6-7-11-22(20)29)17-25-26(33)32(21-9-4-3-5-10-21)28(37-25)31-27-30-14-15-36-27/h6-8,11-17,21H,2-5,9-10,18H2,1H3/b25-17-,31-28+. The highest BCUT2D eigenvalue weighted by Gasteiger charge is 2.38. The van der Waals surface area contributed by atoms with Crippen molar-refractivity contribution in [3.8, 4) is 11.5 Å². The third kappa shape index (κ3) is 6.20. The van der Waals surface area contributed by atoms with Gasteiger partial charge in [0.15, 0.2) is 16.7 Å². The lowest BCUT2D eigenvalue weighted by molar-refractivity contribution is -0.124. The van der Waals surface area contributed by atoms with E-state index in [0.717, 1.165) is 36.8 Å². The van der Waals surface area contributed by atoms with E-state index in [1.165, 1.54) is 29.5 Å². The van der Waals surface area contributed by atoms with Crippen LogP contribution in [0.3, 0.4) is 0 Å². The largest absolute Gasteiger partial charge is 0.490 e. The van der Waals surface area contributed by atoms with E-state index in [-0.39, 0.29) is 11.9 Å². The molecule has 6 nitrogen and oxygen atoms in total. The van der Waals surface area contributed by atoms with Crippen LogP contribution in [0.1, 0.15) is 50.2 Å². The molecule has 2 aliphatic rings. The minimum atomic E-state index is 0.00390. The van der Waals surface area contributed by atoms with Crippen molar-refractivity contribution in [2.75, 3.05) is 6.61 Å². The average molecular weight is 554 g/mol. The van der Waals surface area contributed by atoms with Crippen LogP contribution in [0.15, 0.2) is 63.9 Å². The molecular weight excluding hydrogens is 526 g/mol. The minimum absolute atomic E-state index is 0.00390.